The Balaban J connectivity index is 2.24. The van der Waals surface area contributed by atoms with E-state index >= 15 is 0 Å². The number of alkyl halides is 3. The average Bonchev–Trinajstić information content (AvgIpc) is 2.71. The lowest BCUT2D eigenvalue weighted by Gasteiger charge is -2.04. The third kappa shape index (κ3) is 2.95. The number of hydrogen-bond donors (Lipinski definition) is 1. The van der Waals surface area contributed by atoms with Gasteiger partial charge in [0, 0.05) is 18.8 Å². The zero-order valence-electron chi connectivity index (χ0n) is 10.2. The second kappa shape index (κ2) is 4.95. The number of hydrogen-bond acceptors (Lipinski definition) is 2. The maximum atomic E-state index is 12.9. The predicted octanol–water partition coefficient (Wildman–Crippen LogP) is 2.83. The van der Waals surface area contributed by atoms with E-state index in [4.69, 9.17) is 0 Å². The lowest BCUT2D eigenvalue weighted by atomic mass is 10.3. The summed E-state index contributed by atoms with van der Waals surface area (Å²) in [5, 5.41) is 5.52. The van der Waals surface area contributed by atoms with Gasteiger partial charge in [-0.05, 0) is 18.2 Å². The molecule has 0 atom stereocenters. The van der Waals surface area contributed by atoms with Crippen LogP contribution in [0.3, 0.4) is 0 Å². The molecule has 0 fully saturated rings. The number of anilines is 1. The summed E-state index contributed by atoms with van der Waals surface area (Å²) in [6, 6.07) is 5.66. The SMILES string of the molecule is Cn1nc(C(F)(F)F)cc1C(=O)Nc1cccc(F)c1. The van der Waals surface area contributed by atoms with Crippen LogP contribution in [0.15, 0.2) is 30.3 Å². The maximum absolute atomic E-state index is 12.9. The Morgan fingerprint density at radius 2 is 2.00 bits per heavy atom. The summed E-state index contributed by atoms with van der Waals surface area (Å²) in [5.41, 5.74) is -1.30. The summed E-state index contributed by atoms with van der Waals surface area (Å²) in [6.45, 7) is 0. The first-order chi connectivity index (χ1) is 9.27. The van der Waals surface area contributed by atoms with E-state index in [0.29, 0.717) is 6.07 Å². The van der Waals surface area contributed by atoms with E-state index in [-0.39, 0.29) is 11.4 Å². The number of aryl methyl sites for hydroxylation is 1. The van der Waals surface area contributed by atoms with Gasteiger partial charge in [-0.2, -0.15) is 18.3 Å². The normalized spacial score (nSPS) is 11.4. The second-order valence-electron chi connectivity index (χ2n) is 4.00. The third-order valence-corrected chi connectivity index (χ3v) is 2.49. The van der Waals surface area contributed by atoms with Gasteiger partial charge in [0.05, 0.1) is 0 Å². The van der Waals surface area contributed by atoms with Crippen molar-refractivity contribution in [3.8, 4) is 0 Å². The van der Waals surface area contributed by atoms with Gasteiger partial charge in [0.25, 0.3) is 5.91 Å². The summed E-state index contributed by atoms with van der Waals surface area (Å²) >= 11 is 0. The average molecular weight is 287 g/mol. The number of carbonyl (C=O) groups is 1. The molecule has 0 saturated carbocycles. The largest absolute Gasteiger partial charge is 0.435 e. The molecular weight excluding hydrogens is 278 g/mol. The van der Waals surface area contributed by atoms with Crippen LogP contribution in [0.1, 0.15) is 16.2 Å². The Labute approximate surface area is 111 Å². The smallest absolute Gasteiger partial charge is 0.321 e. The van der Waals surface area contributed by atoms with Crippen LogP contribution in [-0.4, -0.2) is 15.7 Å². The van der Waals surface area contributed by atoms with Crippen LogP contribution in [0.4, 0.5) is 23.2 Å². The van der Waals surface area contributed by atoms with Gasteiger partial charge in [0.15, 0.2) is 5.69 Å². The van der Waals surface area contributed by atoms with Gasteiger partial charge in [-0.15, -0.1) is 0 Å². The van der Waals surface area contributed by atoms with E-state index in [9.17, 15) is 22.4 Å². The van der Waals surface area contributed by atoms with Crippen LogP contribution >= 0.6 is 0 Å². The van der Waals surface area contributed by atoms with Gasteiger partial charge in [-0.25, -0.2) is 4.39 Å². The highest BCUT2D eigenvalue weighted by Crippen LogP contribution is 2.28. The number of aromatic nitrogens is 2. The van der Waals surface area contributed by atoms with Crippen molar-refractivity contribution in [3.63, 3.8) is 0 Å². The molecule has 1 heterocycles. The Hall–Kier alpha value is -2.38. The molecule has 8 heteroatoms. The van der Waals surface area contributed by atoms with E-state index in [0.717, 1.165) is 10.7 Å². The van der Waals surface area contributed by atoms with Crippen LogP contribution < -0.4 is 5.32 Å². The van der Waals surface area contributed by atoms with Crippen molar-refractivity contribution in [3.05, 3.63) is 47.5 Å². The number of halogens is 4. The molecule has 0 radical (unpaired) electrons. The summed E-state index contributed by atoms with van der Waals surface area (Å²) < 4.78 is 51.2. The molecule has 2 aromatic rings. The number of nitrogens with one attached hydrogen (secondary N) is 1. The van der Waals surface area contributed by atoms with Gasteiger partial charge >= 0.3 is 6.18 Å². The van der Waals surface area contributed by atoms with E-state index < -0.39 is 23.6 Å². The number of nitrogens with zero attached hydrogens (tertiary/aromatic N) is 2. The van der Waals surface area contributed by atoms with E-state index in [1.807, 2.05) is 0 Å². The monoisotopic (exact) mass is 287 g/mol. The molecule has 0 unspecified atom stereocenters. The Kier molecular flexibility index (Phi) is 3.47. The van der Waals surface area contributed by atoms with Gasteiger partial charge in [0.2, 0.25) is 0 Å². The molecule has 1 aromatic carbocycles. The van der Waals surface area contributed by atoms with Crippen LogP contribution in [0.2, 0.25) is 0 Å². The summed E-state index contributed by atoms with van der Waals surface area (Å²) in [4.78, 5) is 11.8. The molecule has 4 nitrogen and oxygen atoms in total. The van der Waals surface area contributed by atoms with E-state index in [1.54, 1.807) is 0 Å². The van der Waals surface area contributed by atoms with Crippen molar-refractivity contribution in [1.29, 1.82) is 0 Å². The number of benzene rings is 1. The highest BCUT2D eigenvalue weighted by atomic mass is 19.4. The Morgan fingerprint density at radius 3 is 2.55 bits per heavy atom. The van der Waals surface area contributed by atoms with Gasteiger partial charge in [-0.1, -0.05) is 6.07 Å². The molecule has 0 bridgehead atoms. The molecule has 1 amide bonds. The fourth-order valence-corrected chi connectivity index (χ4v) is 1.58. The zero-order valence-corrected chi connectivity index (χ0v) is 10.2. The van der Waals surface area contributed by atoms with E-state index in [2.05, 4.69) is 10.4 Å². The Bertz CT molecular complexity index is 648. The minimum atomic E-state index is -4.63. The number of rotatable bonds is 2. The minimum absolute atomic E-state index is 0.143. The molecule has 0 spiro atoms. The summed E-state index contributed by atoms with van der Waals surface area (Å²) in [5.74, 6) is -1.37. The molecule has 2 rings (SSSR count). The van der Waals surface area contributed by atoms with E-state index in [1.165, 1.54) is 25.2 Å². The molecule has 0 saturated heterocycles. The molecule has 0 aliphatic heterocycles. The van der Waals surface area contributed by atoms with Crippen molar-refractivity contribution < 1.29 is 22.4 Å². The Morgan fingerprint density at radius 1 is 1.30 bits per heavy atom. The molecule has 106 valence electrons. The quantitative estimate of drug-likeness (QED) is 0.863. The highest BCUT2D eigenvalue weighted by molar-refractivity contribution is 6.03. The number of carbonyl (C=O) groups excluding carboxylic acids is 1. The first-order valence-corrected chi connectivity index (χ1v) is 5.45. The lowest BCUT2D eigenvalue weighted by Crippen LogP contribution is -2.16. The third-order valence-electron chi connectivity index (χ3n) is 2.49. The molecule has 1 N–H and O–H groups in total. The fraction of sp³-hybridized carbons (Fsp3) is 0.167. The molecule has 1 aromatic heterocycles. The maximum Gasteiger partial charge on any atom is 0.435 e. The first-order valence-electron chi connectivity index (χ1n) is 5.45. The van der Waals surface area contributed by atoms with Crippen molar-refractivity contribution in [2.45, 2.75) is 6.18 Å². The zero-order chi connectivity index (χ0) is 14.9. The number of amides is 1. The fourth-order valence-electron chi connectivity index (χ4n) is 1.58. The minimum Gasteiger partial charge on any atom is -0.321 e. The van der Waals surface area contributed by atoms with Crippen molar-refractivity contribution in [1.82, 2.24) is 9.78 Å². The predicted molar refractivity (Wildman–Crippen MR) is 62.6 cm³/mol. The summed E-state index contributed by atoms with van der Waals surface area (Å²) in [6.07, 6.45) is -4.63. The standard InChI is InChI=1S/C12H9F4N3O/c1-19-9(6-10(18-19)12(14,15)16)11(20)17-8-4-2-3-7(13)5-8/h2-6H,1H3,(H,17,20). The highest BCUT2D eigenvalue weighted by Gasteiger charge is 2.35. The van der Waals surface area contributed by atoms with Gasteiger partial charge in [-0.3, -0.25) is 9.48 Å². The molecular formula is C12H9F4N3O. The molecule has 0 aliphatic rings. The van der Waals surface area contributed by atoms with Crippen LogP contribution in [-0.2, 0) is 13.2 Å². The molecule has 20 heavy (non-hydrogen) atoms. The summed E-state index contributed by atoms with van der Waals surface area (Å²) in [7, 11) is 1.22. The van der Waals surface area contributed by atoms with Crippen molar-refractivity contribution >= 4 is 11.6 Å². The van der Waals surface area contributed by atoms with Crippen LogP contribution in [0, 0.1) is 5.82 Å². The lowest BCUT2D eigenvalue weighted by molar-refractivity contribution is -0.141. The van der Waals surface area contributed by atoms with Crippen LogP contribution in [0.25, 0.3) is 0 Å². The van der Waals surface area contributed by atoms with Crippen molar-refractivity contribution in [2.75, 3.05) is 5.32 Å². The van der Waals surface area contributed by atoms with Gasteiger partial charge in [0.1, 0.15) is 11.5 Å². The second-order valence-corrected chi connectivity index (χ2v) is 4.00. The van der Waals surface area contributed by atoms with Crippen LogP contribution in [0.5, 0.6) is 0 Å². The van der Waals surface area contributed by atoms with Crippen molar-refractivity contribution in [2.24, 2.45) is 7.05 Å². The molecule has 0 aliphatic carbocycles. The topological polar surface area (TPSA) is 46.9 Å². The first kappa shape index (κ1) is 14.0. The van der Waals surface area contributed by atoms with Gasteiger partial charge < -0.3 is 5.32 Å².